The van der Waals surface area contributed by atoms with Gasteiger partial charge in [0.1, 0.15) is 0 Å². The number of hydrogen-bond acceptors (Lipinski definition) is 5. The molecule has 0 aromatic heterocycles. The molecule has 0 atom stereocenters. The molecule has 0 aromatic carbocycles. The number of carbonyl (C=O) groups excluding carboxylic acids is 3. The molecule has 0 saturated carbocycles. The smallest absolute Gasteiger partial charge is 0.352 e. The van der Waals surface area contributed by atoms with Crippen molar-refractivity contribution < 1.29 is 23.9 Å². The van der Waals surface area contributed by atoms with Crippen LogP contribution >= 0.6 is 0 Å². The van der Waals surface area contributed by atoms with Crippen LogP contribution in [0.2, 0.25) is 0 Å². The number of hydrogen-bond donors (Lipinski definition) is 0. The molecular formula is C8H8O5. The van der Waals surface area contributed by atoms with Gasteiger partial charge in [0.15, 0.2) is 6.61 Å². The summed E-state index contributed by atoms with van der Waals surface area (Å²) in [5.41, 5.74) is 0. The second-order valence-electron chi connectivity index (χ2n) is 1.81. The lowest BCUT2D eigenvalue weighted by atomic mass is 10.6. The van der Waals surface area contributed by atoms with Crippen molar-refractivity contribution in [1.82, 2.24) is 0 Å². The SMILES string of the molecule is C=CC(=O)OCC(=O)OC(=O)C=C. The Morgan fingerprint density at radius 3 is 2.08 bits per heavy atom. The van der Waals surface area contributed by atoms with Crippen LogP contribution < -0.4 is 0 Å². The minimum absolute atomic E-state index is 0.621. The summed E-state index contributed by atoms with van der Waals surface area (Å²) in [5, 5.41) is 0. The zero-order chi connectivity index (χ0) is 10.3. The quantitative estimate of drug-likeness (QED) is 0.348. The predicted octanol–water partition coefficient (Wildman–Crippen LogP) is -0.0286. The molecule has 5 heteroatoms. The van der Waals surface area contributed by atoms with E-state index in [9.17, 15) is 14.4 Å². The first-order chi connectivity index (χ1) is 6.10. The van der Waals surface area contributed by atoms with Crippen molar-refractivity contribution in [3.05, 3.63) is 25.3 Å². The topological polar surface area (TPSA) is 69.7 Å². The van der Waals surface area contributed by atoms with Gasteiger partial charge in [0.2, 0.25) is 0 Å². The lowest BCUT2D eigenvalue weighted by Gasteiger charge is -1.99. The van der Waals surface area contributed by atoms with Crippen molar-refractivity contribution in [2.75, 3.05) is 6.61 Å². The van der Waals surface area contributed by atoms with Gasteiger partial charge in [0, 0.05) is 12.2 Å². The van der Waals surface area contributed by atoms with Crippen molar-refractivity contribution >= 4 is 17.9 Å². The van der Waals surface area contributed by atoms with Crippen molar-refractivity contribution in [2.45, 2.75) is 0 Å². The first-order valence-corrected chi connectivity index (χ1v) is 3.26. The number of carbonyl (C=O) groups is 3. The second-order valence-corrected chi connectivity index (χ2v) is 1.81. The first-order valence-electron chi connectivity index (χ1n) is 3.26. The van der Waals surface area contributed by atoms with Gasteiger partial charge in [0.25, 0.3) is 0 Å². The normalized spacial score (nSPS) is 8.31. The average Bonchev–Trinajstić information content (AvgIpc) is 2.13. The molecule has 0 bridgehead atoms. The van der Waals surface area contributed by atoms with Crippen LogP contribution in [0.15, 0.2) is 25.3 Å². The maximum Gasteiger partial charge on any atom is 0.352 e. The molecule has 70 valence electrons. The Balaban J connectivity index is 3.75. The molecule has 0 spiro atoms. The van der Waals surface area contributed by atoms with Crippen LogP contribution in [0, 0.1) is 0 Å². The largest absolute Gasteiger partial charge is 0.451 e. The molecule has 0 amide bonds. The molecule has 0 saturated heterocycles. The summed E-state index contributed by atoms with van der Waals surface area (Å²) in [6.45, 7) is 5.56. The van der Waals surface area contributed by atoms with Gasteiger partial charge >= 0.3 is 17.9 Å². The van der Waals surface area contributed by atoms with E-state index in [4.69, 9.17) is 0 Å². The molecule has 0 fully saturated rings. The van der Waals surface area contributed by atoms with Crippen LogP contribution in [-0.2, 0) is 23.9 Å². The van der Waals surface area contributed by atoms with Crippen molar-refractivity contribution in [1.29, 1.82) is 0 Å². The Hall–Kier alpha value is -1.91. The van der Waals surface area contributed by atoms with E-state index in [2.05, 4.69) is 22.6 Å². The zero-order valence-corrected chi connectivity index (χ0v) is 6.82. The molecule has 5 nitrogen and oxygen atoms in total. The number of rotatable bonds is 4. The minimum Gasteiger partial charge on any atom is -0.451 e. The Morgan fingerprint density at radius 1 is 1.08 bits per heavy atom. The van der Waals surface area contributed by atoms with E-state index in [1.165, 1.54) is 0 Å². The fourth-order valence-corrected chi connectivity index (χ4v) is 0.372. The third-order valence-electron chi connectivity index (χ3n) is 0.880. The molecule has 0 aliphatic heterocycles. The number of ether oxygens (including phenoxy) is 2. The monoisotopic (exact) mass is 184 g/mol. The van der Waals surface area contributed by atoms with Crippen LogP contribution in [0.1, 0.15) is 0 Å². The molecule has 0 rings (SSSR count). The van der Waals surface area contributed by atoms with Gasteiger partial charge in [-0.15, -0.1) is 0 Å². The molecule has 0 unspecified atom stereocenters. The first kappa shape index (κ1) is 11.1. The van der Waals surface area contributed by atoms with Gasteiger partial charge in [-0.05, 0) is 0 Å². The van der Waals surface area contributed by atoms with Gasteiger partial charge in [-0.3, -0.25) is 0 Å². The maximum atomic E-state index is 10.6. The molecule has 0 radical (unpaired) electrons. The van der Waals surface area contributed by atoms with E-state index >= 15 is 0 Å². The van der Waals surface area contributed by atoms with Crippen molar-refractivity contribution in [2.24, 2.45) is 0 Å². The van der Waals surface area contributed by atoms with E-state index in [1.54, 1.807) is 0 Å². The minimum atomic E-state index is -0.958. The van der Waals surface area contributed by atoms with Gasteiger partial charge in [-0.2, -0.15) is 0 Å². The fraction of sp³-hybridized carbons (Fsp3) is 0.125. The van der Waals surface area contributed by atoms with E-state index < -0.39 is 24.5 Å². The highest BCUT2D eigenvalue weighted by molar-refractivity contribution is 5.93. The van der Waals surface area contributed by atoms with Crippen LogP contribution in [0.4, 0.5) is 0 Å². The van der Waals surface area contributed by atoms with Gasteiger partial charge in [-0.25, -0.2) is 14.4 Å². The van der Waals surface area contributed by atoms with Gasteiger partial charge in [-0.1, -0.05) is 13.2 Å². The van der Waals surface area contributed by atoms with Crippen LogP contribution in [-0.4, -0.2) is 24.5 Å². The highest BCUT2D eigenvalue weighted by Crippen LogP contribution is 1.85. The predicted molar refractivity (Wildman–Crippen MR) is 42.5 cm³/mol. The Bertz CT molecular complexity index is 253. The summed E-state index contributed by atoms with van der Waals surface area (Å²) in [6.07, 6.45) is 1.72. The third-order valence-corrected chi connectivity index (χ3v) is 0.880. The summed E-state index contributed by atoms with van der Waals surface area (Å²) in [5.74, 6) is -2.61. The Morgan fingerprint density at radius 2 is 1.62 bits per heavy atom. The Kier molecular flexibility index (Phi) is 4.87. The van der Waals surface area contributed by atoms with Crippen molar-refractivity contribution in [3.63, 3.8) is 0 Å². The van der Waals surface area contributed by atoms with Crippen LogP contribution in [0.5, 0.6) is 0 Å². The maximum absolute atomic E-state index is 10.6. The third kappa shape index (κ3) is 5.37. The lowest BCUT2D eigenvalue weighted by Crippen LogP contribution is -2.17. The summed E-state index contributed by atoms with van der Waals surface area (Å²) in [6, 6.07) is 0. The average molecular weight is 184 g/mol. The molecule has 0 aliphatic carbocycles. The van der Waals surface area contributed by atoms with Gasteiger partial charge in [0.05, 0.1) is 0 Å². The molecule has 13 heavy (non-hydrogen) atoms. The summed E-state index contributed by atoms with van der Waals surface area (Å²) in [4.78, 5) is 31.5. The zero-order valence-electron chi connectivity index (χ0n) is 6.82. The molecule has 0 N–H and O–H groups in total. The molecular weight excluding hydrogens is 176 g/mol. The standard InChI is InChI=1S/C8H8O5/c1-3-6(9)12-5-8(11)13-7(10)4-2/h3-4H,1-2,5H2. The van der Waals surface area contributed by atoms with Crippen molar-refractivity contribution in [3.8, 4) is 0 Å². The number of esters is 3. The van der Waals surface area contributed by atoms with E-state index in [0.717, 1.165) is 12.2 Å². The molecule has 0 aliphatic rings. The Labute approximate surface area is 74.6 Å². The highest BCUT2D eigenvalue weighted by Gasteiger charge is 2.08. The van der Waals surface area contributed by atoms with Crippen LogP contribution in [0.3, 0.4) is 0 Å². The second kappa shape index (κ2) is 5.70. The highest BCUT2D eigenvalue weighted by atomic mass is 16.6. The summed E-state index contributed by atoms with van der Waals surface area (Å²) >= 11 is 0. The van der Waals surface area contributed by atoms with Gasteiger partial charge < -0.3 is 9.47 Å². The van der Waals surface area contributed by atoms with E-state index in [1.807, 2.05) is 0 Å². The van der Waals surface area contributed by atoms with Crippen LogP contribution in [0.25, 0.3) is 0 Å². The summed E-state index contributed by atoms with van der Waals surface area (Å²) in [7, 11) is 0. The van der Waals surface area contributed by atoms with E-state index in [-0.39, 0.29) is 0 Å². The van der Waals surface area contributed by atoms with E-state index in [0.29, 0.717) is 0 Å². The fourth-order valence-electron chi connectivity index (χ4n) is 0.372. The molecule has 0 heterocycles. The lowest BCUT2D eigenvalue weighted by molar-refractivity contribution is -0.163. The molecule has 0 aromatic rings. The summed E-state index contributed by atoms with van der Waals surface area (Å²) < 4.78 is 8.37.